The normalized spacial score (nSPS) is 10.6. The van der Waals surface area contributed by atoms with Crippen molar-refractivity contribution < 1.29 is 9.53 Å². The van der Waals surface area contributed by atoms with Gasteiger partial charge in [-0.2, -0.15) is 0 Å². The smallest absolute Gasteiger partial charge is 0.330 e. The summed E-state index contributed by atoms with van der Waals surface area (Å²) in [5.74, 6) is -0.0595. The van der Waals surface area contributed by atoms with Gasteiger partial charge in [-0.15, -0.1) is 0 Å². The predicted octanol–water partition coefficient (Wildman–Crippen LogP) is 1.36. The lowest BCUT2D eigenvalue weighted by atomic mass is 10.3. The van der Waals surface area contributed by atoms with E-state index in [1.807, 2.05) is 6.26 Å². The van der Waals surface area contributed by atoms with Gasteiger partial charge < -0.3 is 10.5 Å². The van der Waals surface area contributed by atoms with E-state index < -0.39 is 5.97 Å². The minimum Gasteiger partial charge on any atom is -0.463 e. The molecule has 1 aromatic rings. The van der Waals surface area contributed by atoms with Gasteiger partial charge in [-0.25, -0.2) is 14.8 Å². The first-order chi connectivity index (χ1) is 7.67. The molecule has 0 spiro atoms. The summed E-state index contributed by atoms with van der Waals surface area (Å²) in [6, 6.07) is 0. The molecular weight excluding hydrogens is 226 g/mol. The van der Waals surface area contributed by atoms with Gasteiger partial charge >= 0.3 is 5.97 Å². The summed E-state index contributed by atoms with van der Waals surface area (Å²) >= 11 is 1.41. The van der Waals surface area contributed by atoms with Gasteiger partial charge in [-0.1, -0.05) is 11.8 Å². The zero-order valence-corrected chi connectivity index (χ0v) is 9.95. The third-order valence-electron chi connectivity index (χ3n) is 1.69. The first-order valence-electron chi connectivity index (χ1n) is 4.68. The van der Waals surface area contributed by atoms with Gasteiger partial charge in [0.15, 0.2) is 5.16 Å². The van der Waals surface area contributed by atoms with Crippen LogP contribution in [0.3, 0.4) is 0 Å². The topological polar surface area (TPSA) is 78.1 Å². The van der Waals surface area contributed by atoms with E-state index in [-0.39, 0.29) is 0 Å². The molecule has 86 valence electrons. The quantitative estimate of drug-likeness (QED) is 0.370. The number of thioether (sulfide) groups is 1. The number of nitrogen functional groups attached to an aromatic ring is 1. The summed E-state index contributed by atoms with van der Waals surface area (Å²) in [5.41, 5.74) is 6.29. The lowest BCUT2D eigenvalue weighted by Gasteiger charge is -2.00. The van der Waals surface area contributed by atoms with Crippen LogP contribution >= 0.6 is 11.8 Å². The highest BCUT2D eigenvalue weighted by Gasteiger charge is 2.01. The molecule has 0 saturated carbocycles. The van der Waals surface area contributed by atoms with Gasteiger partial charge in [0.05, 0.1) is 6.61 Å². The standard InChI is InChI=1S/C10H13N3O2S/c1-3-15-8(14)5-4-7-6-12-10(16-2)13-9(7)11/h4-6H,3H2,1-2H3,(H2,11,12,13). The summed E-state index contributed by atoms with van der Waals surface area (Å²) in [4.78, 5) is 19.1. The van der Waals surface area contributed by atoms with E-state index in [1.54, 1.807) is 13.1 Å². The summed E-state index contributed by atoms with van der Waals surface area (Å²) in [5, 5.41) is 0.603. The van der Waals surface area contributed by atoms with Crippen LogP contribution in [0.4, 0.5) is 5.82 Å². The van der Waals surface area contributed by atoms with Crippen LogP contribution in [0.25, 0.3) is 6.08 Å². The van der Waals surface area contributed by atoms with Crippen LogP contribution in [-0.2, 0) is 9.53 Å². The number of esters is 1. The average molecular weight is 239 g/mol. The number of hydrogen-bond donors (Lipinski definition) is 1. The van der Waals surface area contributed by atoms with Gasteiger partial charge in [0.2, 0.25) is 0 Å². The maximum Gasteiger partial charge on any atom is 0.330 e. The zero-order chi connectivity index (χ0) is 12.0. The van der Waals surface area contributed by atoms with Crippen molar-refractivity contribution in [2.75, 3.05) is 18.6 Å². The number of carbonyl (C=O) groups is 1. The van der Waals surface area contributed by atoms with E-state index in [0.29, 0.717) is 23.1 Å². The van der Waals surface area contributed by atoms with Crippen molar-refractivity contribution in [3.05, 3.63) is 17.8 Å². The lowest BCUT2D eigenvalue weighted by molar-refractivity contribution is -0.137. The Morgan fingerprint density at radius 3 is 3.00 bits per heavy atom. The second kappa shape index (κ2) is 6.12. The molecule has 1 aromatic heterocycles. The Morgan fingerprint density at radius 2 is 2.44 bits per heavy atom. The van der Waals surface area contributed by atoms with E-state index in [4.69, 9.17) is 10.5 Å². The van der Waals surface area contributed by atoms with Gasteiger partial charge in [0.25, 0.3) is 0 Å². The number of nitrogens with two attached hydrogens (primary N) is 1. The van der Waals surface area contributed by atoms with E-state index in [1.165, 1.54) is 23.9 Å². The Balaban J connectivity index is 2.78. The molecular formula is C10H13N3O2S. The Labute approximate surface area is 98.1 Å². The highest BCUT2D eigenvalue weighted by atomic mass is 32.2. The molecule has 0 amide bonds. The minimum absolute atomic E-state index is 0.347. The monoisotopic (exact) mass is 239 g/mol. The van der Waals surface area contributed by atoms with Crippen molar-refractivity contribution in [1.29, 1.82) is 0 Å². The second-order valence-corrected chi connectivity index (χ2v) is 3.56. The zero-order valence-electron chi connectivity index (χ0n) is 9.14. The fraction of sp³-hybridized carbons (Fsp3) is 0.300. The molecule has 1 heterocycles. The Hall–Kier alpha value is -1.56. The summed E-state index contributed by atoms with van der Waals surface area (Å²) in [7, 11) is 0. The molecule has 0 aliphatic carbocycles. The maximum atomic E-state index is 11.1. The van der Waals surface area contributed by atoms with E-state index in [2.05, 4.69) is 9.97 Å². The van der Waals surface area contributed by atoms with Gasteiger partial charge in [-0.05, 0) is 19.3 Å². The third kappa shape index (κ3) is 3.54. The number of aromatic nitrogens is 2. The molecule has 5 nitrogen and oxygen atoms in total. The highest BCUT2D eigenvalue weighted by Crippen LogP contribution is 2.14. The number of rotatable bonds is 4. The molecule has 0 fully saturated rings. The molecule has 1 rings (SSSR count). The van der Waals surface area contributed by atoms with Crippen molar-refractivity contribution in [3.63, 3.8) is 0 Å². The summed E-state index contributed by atoms with van der Waals surface area (Å²) < 4.78 is 4.74. The second-order valence-electron chi connectivity index (χ2n) is 2.78. The predicted molar refractivity (Wildman–Crippen MR) is 63.9 cm³/mol. The molecule has 0 saturated heterocycles. The van der Waals surface area contributed by atoms with Crippen LogP contribution in [0.2, 0.25) is 0 Å². The molecule has 0 atom stereocenters. The Kier molecular flexibility index (Phi) is 4.78. The first-order valence-corrected chi connectivity index (χ1v) is 5.91. The molecule has 0 unspecified atom stereocenters. The van der Waals surface area contributed by atoms with Gasteiger partial charge in [0.1, 0.15) is 5.82 Å². The highest BCUT2D eigenvalue weighted by molar-refractivity contribution is 7.98. The lowest BCUT2D eigenvalue weighted by Crippen LogP contribution is -2.00. The van der Waals surface area contributed by atoms with Crippen molar-refractivity contribution in [2.45, 2.75) is 12.1 Å². The van der Waals surface area contributed by atoms with Crippen molar-refractivity contribution in [3.8, 4) is 0 Å². The van der Waals surface area contributed by atoms with Crippen LogP contribution in [0, 0.1) is 0 Å². The molecule has 6 heteroatoms. The number of hydrogen-bond acceptors (Lipinski definition) is 6. The fourth-order valence-electron chi connectivity index (χ4n) is 0.962. The van der Waals surface area contributed by atoms with Crippen LogP contribution in [0.1, 0.15) is 12.5 Å². The van der Waals surface area contributed by atoms with Gasteiger partial charge in [0, 0.05) is 17.8 Å². The van der Waals surface area contributed by atoms with Crippen molar-refractivity contribution in [1.82, 2.24) is 9.97 Å². The van der Waals surface area contributed by atoms with E-state index in [9.17, 15) is 4.79 Å². The first kappa shape index (κ1) is 12.5. The summed E-state index contributed by atoms with van der Waals surface area (Å²) in [6.45, 7) is 2.09. The Bertz CT molecular complexity index is 407. The SMILES string of the molecule is CCOC(=O)C=Cc1cnc(SC)nc1N. The Morgan fingerprint density at radius 1 is 1.69 bits per heavy atom. The number of anilines is 1. The molecule has 0 aliphatic rings. The summed E-state index contributed by atoms with van der Waals surface area (Å²) in [6.07, 6.45) is 6.28. The van der Waals surface area contributed by atoms with Crippen LogP contribution < -0.4 is 5.73 Å². The number of carbonyl (C=O) groups excluding carboxylic acids is 1. The third-order valence-corrected chi connectivity index (χ3v) is 2.26. The molecule has 0 aliphatic heterocycles. The van der Waals surface area contributed by atoms with E-state index in [0.717, 1.165) is 0 Å². The minimum atomic E-state index is -0.407. The number of nitrogens with zero attached hydrogens (tertiary/aromatic N) is 2. The molecule has 0 aromatic carbocycles. The largest absolute Gasteiger partial charge is 0.463 e. The van der Waals surface area contributed by atoms with E-state index >= 15 is 0 Å². The molecule has 2 N–H and O–H groups in total. The molecule has 0 bridgehead atoms. The fourth-order valence-corrected chi connectivity index (χ4v) is 1.31. The molecule has 16 heavy (non-hydrogen) atoms. The van der Waals surface area contributed by atoms with Crippen molar-refractivity contribution in [2.24, 2.45) is 0 Å². The van der Waals surface area contributed by atoms with Crippen molar-refractivity contribution >= 4 is 29.6 Å². The molecule has 0 radical (unpaired) electrons. The number of ether oxygens (including phenoxy) is 1. The van der Waals surface area contributed by atoms with Crippen LogP contribution in [-0.4, -0.2) is 28.8 Å². The van der Waals surface area contributed by atoms with Gasteiger partial charge in [-0.3, -0.25) is 0 Å². The van der Waals surface area contributed by atoms with Crippen LogP contribution in [0.15, 0.2) is 17.4 Å². The van der Waals surface area contributed by atoms with Crippen LogP contribution in [0.5, 0.6) is 0 Å². The maximum absolute atomic E-state index is 11.1. The average Bonchev–Trinajstić information content (AvgIpc) is 2.27.